The van der Waals surface area contributed by atoms with Gasteiger partial charge in [0.2, 0.25) is 0 Å². The van der Waals surface area contributed by atoms with Crippen LogP contribution in [0, 0.1) is 17.1 Å². The van der Waals surface area contributed by atoms with Gasteiger partial charge in [-0.25, -0.2) is 19.3 Å². The van der Waals surface area contributed by atoms with Crippen molar-refractivity contribution in [2.75, 3.05) is 0 Å². The summed E-state index contributed by atoms with van der Waals surface area (Å²) in [7, 11) is 0. The summed E-state index contributed by atoms with van der Waals surface area (Å²) in [6.07, 6.45) is 4.13. The van der Waals surface area contributed by atoms with E-state index in [-0.39, 0.29) is 16.5 Å². The summed E-state index contributed by atoms with van der Waals surface area (Å²) in [6.45, 7) is 0. The minimum Gasteiger partial charge on any atom is -0.294 e. The summed E-state index contributed by atoms with van der Waals surface area (Å²) >= 11 is 5.85. The van der Waals surface area contributed by atoms with Crippen molar-refractivity contribution in [3.63, 3.8) is 0 Å². The molecule has 0 aliphatic carbocycles. The van der Waals surface area contributed by atoms with Crippen LogP contribution in [0.3, 0.4) is 0 Å². The van der Waals surface area contributed by atoms with Gasteiger partial charge in [0, 0.05) is 6.20 Å². The van der Waals surface area contributed by atoms with Gasteiger partial charge in [-0.1, -0.05) is 11.6 Å². The first kappa shape index (κ1) is 11.6. The highest BCUT2D eigenvalue weighted by Crippen LogP contribution is 2.20. The van der Waals surface area contributed by atoms with E-state index >= 15 is 0 Å². The van der Waals surface area contributed by atoms with Crippen LogP contribution >= 0.6 is 11.6 Å². The molecule has 0 fully saturated rings. The maximum Gasteiger partial charge on any atom is 0.179 e. The fraction of sp³-hybridized carbons (Fsp3) is 0. The van der Waals surface area contributed by atoms with Gasteiger partial charge in [0.15, 0.2) is 11.0 Å². The molecule has 3 aromatic rings. The van der Waals surface area contributed by atoms with Crippen molar-refractivity contribution in [1.82, 2.24) is 19.4 Å². The Hall–Kier alpha value is -2.52. The average Bonchev–Trinajstić information content (AvgIpc) is 2.81. The smallest absolute Gasteiger partial charge is 0.179 e. The van der Waals surface area contributed by atoms with Crippen LogP contribution in [0.1, 0.15) is 5.56 Å². The van der Waals surface area contributed by atoms with Crippen LogP contribution in [0.4, 0.5) is 4.39 Å². The molecule has 3 heterocycles. The third kappa shape index (κ3) is 1.90. The van der Waals surface area contributed by atoms with Crippen molar-refractivity contribution in [2.45, 2.75) is 0 Å². The summed E-state index contributed by atoms with van der Waals surface area (Å²) in [5, 5.41) is 8.82. The number of aromatic nitrogens is 4. The summed E-state index contributed by atoms with van der Waals surface area (Å²) in [6, 6.07) is 4.74. The van der Waals surface area contributed by atoms with E-state index in [9.17, 15) is 4.39 Å². The molecular weight excluding hydrogens is 269 g/mol. The number of imidazole rings is 1. The Morgan fingerprint density at radius 2 is 2.11 bits per heavy atom. The maximum atomic E-state index is 13.2. The Morgan fingerprint density at radius 1 is 1.26 bits per heavy atom. The molecule has 0 amide bonds. The second-order valence-corrected chi connectivity index (χ2v) is 4.09. The van der Waals surface area contributed by atoms with Crippen LogP contribution in [0.15, 0.2) is 30.7 Å². The van der Waals surface area contributed by atoms with Crippen LogP contribution in [0.5, 0.6) is 0 Å². The second kappa shape index (κ2) is 4.30. The lowest BCUT2D eigenvalue weighted by Crippen LogP contribution is -1.96. The number of nitriles is 1. The zero-order valence-electron chi connectivity index (χ0n) is 9.38. The van der Waals surface area contributed by atoms with Crippen LogP contribution < -0.4 is 0 Å². The van der Waals surface area contributed by atoms with Crippen LogP contribution in [-0.4, -0.2) is 19.4 Å². The number of pyridine rings is 1. The minimum atomic E-state index is -0.397. The molecule has 3 aromatic heterocycles. The lowest BCUT2D eigenvalue weighted by Gasteiger charge is -2.01. The predicted molar refractivity (Wildman–Crippen MR) is 65.9 cm³/mol. The molecule has 0 atom stereocenters. The van der Waals surface area contributed by atoms with E-state index in [0.29, 0.717) is 11.3 Å². The third-order valence-electron chi connectivity index (χ3n) is 2.56. The van der Waals surface area contributed by atoms with Crippen molar-refractivity contribution in [2.24, 2.45) is 0 Å². The van der Waals surface area contributed by atoms with E-state index in [2.05, 4.69) is 15.0 Å². The Kier molecular flexibility index (Phi) is 2.62. The Bertz CT molecular complexity index is 821. The standard InChI is InChI=1S/C12H5ClFN5/c13-11-7(3-15)4-17-12(18-11)9-5-16-10-2-1-8(14)6-19(9)10/h1-2,4-6H. The molecule has 7 heteroatoms. The maximum absolute atomic E-state index is 13.2. The Labute approximate surface area is 111 Å². The van der Waals surface area contributed by atoms with E-state index < -0.39 is 5.82 Å². The van der Waals surface area contributed by atoms with Gasteiger partial charge in [-0.15, -0.1) is 0 Å². The molecule has 0 N–H and O–H groups in total. The molecule has 0 saturated heterocycles. The number of fused-ring (bicyclic) bond motifs is 1. The minimum absolute atomic E-state index is 0.0545. The van der Waals surface area contributed by atoms with Crippen molar-refractivity contribution >= 4 is 17.2 Å². The largest absolute Gasteiger partial charge is 0.294 e. The van der Waals surface area contributed by atoms with Gasteiger partial charge >= 0.3 is 0 Å². The first-order valence-corrected chi connectivity index (χ1v) is 5.62. The topological polar surface area (TPSA) is 66.9 Å². The lowest BCUT2D eigenvalue weighted by molar-refractivity contribution is 0.619. The molecule has 19 heavy (non-hydrogen) atoms. The molecule has 0 saturated carbocycles. The van der Waals surface area contributed by atoms with Gasteiger partial charge in [0.1, 0.15) is 28.8 Å². The number of hydrogen-bond acceptors (Lipinski definition) is 4. The van der Waals surface area contributed by atoms with Gasteiger partial charge in [-0.2, -0.15) is 5.26 Å². The normalized spacial score (nSPS) is 10.6. The molecule has 0 radical (unpaired) electrons. The average molecular weight is 274 g/mol. The SMILES string of the molecule is N#Cc1cnc(-c2cnc3ccc(F)cn23)nc1Cl. The molecule has 0 bridgehead atoms. The monoisotopic (exact) mass is 273 g/mol. The molecule has 92 valence electrons. The molecule has 0 aliphatic heterocycles. The van der Waals surface area contributed by atoms with E-state index in [1.807, 2.05) is 6.07 Å². The van der Waals surface area contributed by atoms with Crippen LogP contribution in [0.25, 0.3) is 17.2 Å². The fourth-order valence-corrected chi connectivity index (χ4v) is 1.85. The fourth-order valence-electron chi connectivity index (χ4n) is 1.68. The number of hydrogen-bond donors (Lipinski definition) is 0. The highest BCUT2D eigenvalue weighted by Gasteiger charge is 2.11. The lowest BCUT2D eigenvalue weighted by atomic mass is 10.3. The number of nitrogens with zero attached hydrogens (tertiary/aromatic N) is 5. The summed E-state index contributed by atoms with van der Waals surface area (Å²) in [5.41, 5.74) is 1.26. The van der Waals surface area contributed by atoms with Gasteiger partial charge < -0.3 is 0 Å². The van der Waals surface area contributed by atoms with Gasteiger partial charge in [-0.3, -0.25) is 4.40 Å². The first-order chi connectivity index (χ1) is 9.19. The van der Waals surface area contributed by atoms with E-state index in [1.165, 1.54) is 29.1 Å². The Balaban J connectivity index is 2.22. The van der Waals surface area contributed by atoms with E-state index in [1.54, 1.807) is 6.07 Å². The third-order valence-corrected chi connectivity index (χ3v) is 2.85. The van der Waals surface area contributed by atoms with E-state index in [4.69, 9.17) is 16.9 Å². The molecule has 3 rings (SSSR count). The highest BCUT2D eigenvalue weighted by atomic mass is 35.5. The van der Waals surface area contributed by atoms with Gasteiger partial charge in [-0.05, 0) is 12.1 Å². The highest BCUT2D eigenvalue weighted by molar-refractivity contribution is 6.30. The molecule has 0 aliphatic rings. The molecule has 0 unspecified atom stereocenters. The van der Waals surface area contributed by atoms with Crippen LogP contribution in [-0.2, 0) is 0 Å². The molecular formula is C12H5ClFN5. The zero-order chi connectivity index (χ0) is 13.4. The van der Waals surface area contributed by atoms with Crippen molar-refractivity contribution in [3.8, 4) is 17.6 Å². The van der Waals surface area contributed by atoms with Crippen molar-refractivity contribution in [1.29, 1.82) is 5.26 Å². The second-order valence-electron chi connectivity index (χ2n) is 3.73. The molecule has 0 spiro atoms. The molecule has 5 nitrogen and oxygen atoms in total. The van der Waals surface area contributed by atoms with Crippen molar-refractivity contribution < 1.29 is 4.39 Å². The van der Waals surface area contributed by atoms with E-state index in [0.717, 1.165) is 0 Å². The zero-order valence-corrected chi connectivity index (χ0v) is 10.1. The van der Waals surface area contributed by atoms with Gasteiger partial charge in [0.25, 0.3) is 0 Å². The van der Waals surface area contributed by atoms with Crippen molar-refractivity contribution in [3.05, 3.63) is 47.3 Å². The predicted octanol–water partition coefficient (Wildman–Crippen LogP) is 2.46. The number of halogens is 2. The first-order valence-electron chi connectivity index (χ1n) is 5.24. The van der Waals surface area contributed by atoms with Crippen LogP contribution in [0.2, 0.25) is 5.15 Å². The summed E-state index contributed by atoms with van der Waals surface area (Å²) in [4.78, 5) is 12.2. The summed E-state index contributed by atoms with van der Waals surface area (Å²) < 4.78 is 14.8. The molecule has 0 aromatic carbocycles. The van der Waals surface area contributed by atoms with Gasteiger partial charge in [0.05, 0.1) is 12.4 Å². The summed E-state index contributed by atoms with van der Waals surface area (Å²) in [5.74, 6) is -0.117. The Morgan fingerprint density at radius 3 is 2.84 bits per heavy atom. The number of rotatable bonds is 1. The quantitative estimate of drug-likeness (QED) is 0.639.